The van der Waals surface area contributed by atoms with Gasteiger partial charge in [0.15, 0.2) is 5.82 Å². The van der Waals surface area contributed by atoms with Crippen LogP contribution in [0.5, 0.6) is 0 Å². The van der Waals surface area contributed by atoms with Crippen LogP contribution in [0.4, 0.5) is 0 Å². The van der Waals surface area contributed by atoms with Gasteiger partial charge in [0, 0.05) is 26.6 Å². The molecule has 0 aliphatic carbocycles. The van der Waals surface area contributed by atoms with Gasteiger partial charge >= 0.3 is 5.97 Å². The number of aromatic nitrogens is 2. The van der Waals surface area contributed by atoms with Gasteiger partial charge in [0.2, 0.25) is 5.89 Å². The number of hydrogen-bond acceptors (Lipinski definition) is 6. The summed E-state index contributed by atoms with van der Waals surface area (Å²) >= 11 is 0. The summed E-state index contributed by atoms with van der Waals surface area (Å²) < 4.78 is 4.85. The Morgan fingerprint density at radius 1 is 1.75 bits per heavy atom. The molecule has 88 valence electrons. The first-order valence-corrected chi connectivity index (χ1v) is 5.13. The molecule has 2 rings (SSSR count). The number of rotatable bonds is 3. The topological polar surface area (TPSA) is 91.5 Å². The van der Waals surface area contributed by atoms with E-state index in [1.165, 1.54) is 0 Å². The standard InChI is InChI=1S/C9H14N4O3/c1-6-11-8(12-16-6)5-13-3-2-10-4-7(13)9(14)15/h7,10H,2-5H2,1H3,(H,14,15). The molecule has 1 aromatic rings. The smallest absolute Gasteiger partial charge is 0.322 e. The predicted molar refractivity (Wildman–Crippen MR) is 53.7 cm³/mol. The van der Waals surface area contributed by atoms with Crippen molar-refractivity contribution in [3.8, 4) is 0 Å². The van der Waals surface area contributed by atoms with Crippen LogP contribution >= 0.6 is 0 Å². The fourth-order valence-electron chi connectivity index (χ4n) is 1.77. The number of aryl methyl sites for hydroxylation is 1. The van der Waals surface area contributed by atoms with Gasteiger partial charge in [0.05, 0.1) is 6.54 Å². The van der Waals surface area contributed by atoms with Gasteiger partial charge in [0.1, 0.15) is 6.04 Å². The van der Waals surface area contributed by atoms with Crippen molar-refractivity contribution in [3.63, 3.8) is 0 Å². The molecule has 0 aromatic carbocycles. The molecule has 7 heteroatoms. The summed E-state index contributed by atoms with van der Waals surface area (Å²) in [5.74, 6) is 0.204. The maximum absolute atomic E-state index is 11.0. The molecule has 7 nitrogen and oxygen atoms in total. The molecule has 0 saturated carbocycles. The highest BCUT2D eigenvalue weighted by atomic mass is 16.5. The Kier molecular flexibility index (Phi) is 3.16. The van der Waals surface area contributed by atoms with Crippen LogP contribution in [0.3, 0.4) is 0 Å². The van der Waals surface area contributed by atoms with E-state index in [0.29, 0.717) is 31.3 Å². The third kappa shape index (κ3) is 2.37. The largest absolute Gasteiger partial charge is 0.480 e. The third-order valence-electron chi connectivity index (χ3n) is 2.55. The normalized spacial score (nSPS) is 22.2. The van der Waals surface area contributed by atoms with Crippen molar-refractivity contribution in [1.82, 2.24) is 20.4 Å². The molecule has 0 amide bonds. The molecule has 1 aliphatic rings. The van der Waals surface area contributed by atoms with E-state index in [-0.39, 0.29) is 0 Å². The Morgan fingerprint density at radius 3 is 3.19 bits per heavy atom. The van der Waals surface area contributed by atoms with E-state index in [0.717, 1.165) is 6.54 Å². The fourth-order valence-corrected chi connectivity index (χ4v) is 1.77. The summed E-state index contributed by atoms with van der Waals surface area (Å²) in [6.07, 6.45) is 0. The van der Waals surface area contributed by atoms with E-state index in [2.05, 4.69) is 15.5 Å². The summed E-state index contributed by atoms with van der Waals surface area (Å²) in [5.41, 5.74) is 0. The number of aliphatic carboxylic acids is 1. The number of piperazine rings is 1. The van der Waals surface area contributed by atoms with Gasteiger partial charge in [-0.3, -0.25) is 9.69 Å². The molecule has 1 saturated heterocycles. The second-order valence-electron chi connectivity index (χ2n) is 3.76. The van der Waals surface area contributed by atoms with E-state index in [4.69, 9.17) is 9.63 Å². The molecule has 2 heterocycles. The van der Waals surface area contributed by atoms with Crippen molar-refractivity contribution in [1.29, 1.82) is 0 Å². The Hall–Kier alpha value is -1.47. The molecule has 16 heavy (non-hydrogen) atoms. The number of nitrogens with zero attached hydrogens (tertiary/aromatic N) is 3. The SMILES string of the molecule is Cc1nc(CN2CCNCC2C(=O)O)no1. The van der Waals surface area contributed by atoms with E-state index in [9.17, 15) is 4.79 Å². The lowest BCUT2D eigenvalue weighted by atomic mass is 10.2. The highest BCUT2D eigenvalue weighted by molar-refractivity contribution is 5.73. The molecule has 0 radical (unpaired) electrons. The predicted octanol–water partition coefficient (Wildman–Crippen LogP) is -0.764. The van der Waals surface area contributed by atoms with Gasteiger partial charge in [-0.1, -0.05) is 5.16 Å². The van der Waals surface area contributed by atoms with Gasteiger partial charge in [-0.2, -0.15) is 4.98 Å². The minimum atomic E-state index is -0.826. The van der Waals surface area contributed by atoms with Crippen LogP contribution in [0.25, 0.3) is 0 Å². The van der Waals surface area contributed by atoms with Gasteiger partial charge in [0.25, 0.3) is 0 Å². The van der Waals surface area contributed by atoms with Crippen LogP contribution in [0, 0.1) is 6.92 Å². The van der Waals surface area contributed by atoms with Crippen LogP contribution < -0.4 is 5.32 Å². The fraction of sp³-hybridized carbons (Fsp3) is 0.667. The molecular weight excluding hydrogens is 212 g/mol. The number of carboxylic acid groups (broad SMARTS) is 1. The maximum Gasteiger partial charge on any atom is 0.322 e. The maximum atomic E-state index is 11.0. The summed E-state index contributed by atoms with van der Waals surface area (Å²) in [4.78, 5) is 16.9. The van der Waals surface area contributed by atoms with Crippen LogP contribution in [0.15, 0.2) is 4.52 Å². The van der Waals surface area contributed by atoms with Gasteiger partial charge in [-0.25, -0.2) is 0 Å². The Labute approximate surface area is 92.4 Å². The van der Waals surface area contributed by atoms with Crippen LogP contribution in [-0.4, -0.2) is 51.8 Å². The Balaban J connectivity index is 2.03. The minimum absolute atomic E-state index is 0.413. The van der Waals surface area contributed by atoms with E-state index in [1.54, 1.807) is 6.92 Å². The summed E-state index contributed by atoms with van der Waals surface area (Å²) in [6.45, 7) is 4.02. The summed E-state index contributed by atoms with van der Waals surface area (Å²) in [7, 11) is 0. The third-order valence-corrected chi connectivity index (χ3v) is 2.55. The first-order valence-electron chi connectivity index (χ1n) is 5.13. The lowest BCUT2D eigenvalue weighted by Gasteiger charge is -2.32. The Bertz CT molecular complexity index is 379. The molecule has 1 aromatic heterocycles. The highest BCUT2D eigenvalue weighted by Gasteiger charge is 2.29. The van der Waals surface area contributed by atoms with E-state index in [1.807, 2.05) is 4.90 Å². The van der Waals surface area contributed by atoms with Gasteiger partial charge in [-0.15, -0.1) is 0 Å². The highest BCUT2D eigenvalue weighted by Crippen LogP contribution is 2.08. The van der Waals surface area contributed by atoms with E-state index < -0.39 is 12.0 Å². The second-order valence-corrected chi connectivity index (χ2v) is 3.76. The molecule has 0 spiro atoms. The zero-order valence-corrected chi connectivity index (χ0v) is 9.01. The summed E-state index contributed by atoms with van der Waals surface area (Å²) in [5, 5.41) is 15.9. The van der Waals surface area contributed by atoms with Gasteiger partial charge < -0.3 is 14.9 Å². The van der Waals surface area contributed by atoms with Crippen molar-refractivity contribution < 1.29 is 14.4 Å². The monoisotopic (exact) mass is 226 g/mol. The molecular formula is C9H14N4O3. The zero-order valence-electron chi connectivity index (χ0n) is 9.01. The Morgan fingerprint density at radius 2 is 2.56 bits per heavy atom. The molecule has 1 fully saturated rings. The van der Waals surface area contributed by atoms with Crippen molar-refractivity contribution >= 4 is 5.97 Å². The number of carbonyl (C=O) groups is 1. The quantitative estimate of drug-likeness (QED) is 0.699. The first kappa shape index (κ1) is 11.0. The lowest BCUT2D eigenvalue weighted by Crippen LogP contribution is -2.54. The molecule has 0 bridgehead atoms. The first-order chi connectivity index (χ1) is 7.66. The lowest BCUT2D eigenvalue weighted by molar-refractivity contribution is -0.144. The molecule has 1 atom stereocenters. The second kappa shape index (κ2) is 4.58. The van der Waals surface area contributed by atoms with Crippen LogP contribution in [0.1, 0.15) is 11.7 Å². The van der Waals surface area contributed by atoms with E-state index >= 15 is 0 Å². The van der Waals surface area contributed by atoms with Crippen LogP contribution in [0.2, 0.25) is 0 Å². The van der Waals surface area contributed by atoms with Gasteiger partial charge in [-0.05, 0) is 0 Å². The van der Waals surface area contributed by atoms with Crippen molar-refractivity contribution in [3.05, 3.63) is 11.7 Å². The molecule has 1 unspecified atom stereocenters. The minimum Gasteiger partial charge on any atom is -0.480 e. The molecule has 2 N–H and O–H groups in total. The van der Waals surface area contributed by atoms with Crippen molar-refractivity contribution in [2.24, 2.45) is 0 Å². The average molecular weight is 226 g/mol. The van der Waals surface area contributed by atoms with Crippen molar-refractivity contribution in [2.75, 3.05) is 19.6 Å². The number of nitrogens with one attached hydrogen (secondary N) is 1. The van der Waals surface area contributed by atoms with Crippen LogP contribution in [-0.2, 0) is 11.3 Å². The zero-order chi connectivity index (χ0) is 11.5. The number of hydrogen-bond donors (Lipinski definition) is 2. The van der Waals surface area contributed by atoms with Crippen molar-refractivity contribution in [2.45, 2.75) is 19.5 Å². The average Bonchev–Trinajstić information content (AvgIpc) is 2.64. The molecule has 1 aliphatic heterocycles. The summed E-state index contributed by atoms with van der Waals surface area (Å²) in [6, 6.07) is -0.521. The number of carboxylic acids is 1.